The normalized spacial score (nSPS) is 21.7. The number of para-hydroxylation sites is 1. The number of aliphatic hydroxyl groups is 2. The molecule has 1 aliphatic rings. The average molecular weight is 402 g/mol. The molecule has 0 spiro atoms. The third-order valence-electron chi connectivity index (χ3n) is 5.04. The number of hydrogen-bond acceptors (Lipinski definition) is 7. The molecule has 152 valence electrons. The Hall–Kier alpha value is -3.28. The summed E-state index contributed by atoms with van der Waals surface area (Å²) >= 11 is 0. The molecule has 4 rings (SSSR count). The molecule has 1 aromatic carbocycles. The molecule has 11 nitrogen and oxygen atoms in total. The number of benzene rings is 1. The van der Waals surface area contributed by atoms with E-state index in [1.165, 1.54) is 12.3 Å². The van der Waals surface area contributed by atoms with E-state index in [1.807, 2.05) is 0 Å². The van der Waals surface area contributed by atoms with E-state index < -0.39 is 41.2 Å². The van der Waals surface area contributed by atoms with Crippen molar-refractivity contribution in [3.63, 3.8) is 0 Å². The quantitative estimate of drug-likeness (QED) is 0.404. The molecule has 0 aliphatic carbocycles. The molecule has 1 unspecified atom stereocenters. The smallest absolute Gasteiger partial charge is 0.330 e. The first kappa shape index (κ1) is 19.1. The Balaban J connectivity index is 1.74. The standard InChI is InChI=1S/C18H18N4O7/c23-9-14-13(24)6-15(29-14)21-8-11(17(25)19-18(21)26)7-20-5-4-10-2-1-3-12(16(10)20)22(27)28/h1-5,8,13-15,23-24H,6-7,9H2,(H,19,25,26)/t13?,14-,15-/m1/s1. The second kappa shape index (κ2) is 7.28. The molecule has 2 aromatic heterocycles. The average Bonchev–Trinajstić information content (AvgIpc) is 3.26. The van der Waals surface area contributed by atoms with Gasteiger partial charge in [0, 0.05) is 30.3 Å². The molecular formula is C18H18N4O7. The number of non-ortho nitro benzene ring substituents is 1. The summed E-state index contributed by atoms with van der Waals surface area (Å²) < 4.78 is 8.20. The van der Waals surface area contributed by atoms with Crippen LogP contribution in [-0.2, 0) is 11.3 Å². The molecule has 0 amide bonds. The van der Waals surface area contributed by atoms with Gasteiger partial charge in [0.1, 0.15) is 17.8 Å². The Morgan fingerprint density at radius 1 is 1.31 bits per heavy atom. The molecule has 0 bridgehead atoms. The van der Waals surface area contributed by atoms with Crippen molar-refractivity contribution in [3.05, 3.63) is 73.2 Å². The summed E-state index contributed by atoms with van der Waals surface area (Å²) in [6.45, 7) is -0.412. The first-order valence-corrected chi connectivity index (χ1v) is 8.90. The van der Waals surface area contributed by atoms with Crippen molar-refractivity contribution in [1.29, 1.82) is 0 Å². The first-order valence-electron chi connectivity index (χ1n) is 8.90. The number of aliphatic hydroxyl groups excluding tert-OH is 2. The summed E-state index contributed by atoms with van der Waals surface area (Å²) in [5.41, 5.74) is -0.875. The van der Waals surface area contributed by atoms with Crippen LogP contribution >= 0.6 is 0 Å². The van der Waals surface area contributed by atoms with Crippen molar-refractivity contribution in [2.45, 2.75) is 31.4 Å². The van der Waals surface area contributed by atoms with Crippen LogP contribution in [0, 0.1) is 10.1 Å². The SMILES string of the molecule is O=c1[nH]c(=O)n([C@H]2CC(O)[C@@H](CO)O2)cc1Cn1ccc2cccc([N+](=O)[O-])c21. The number of rotatable bonds is 5. The minimum Gasteiger partial charge on any atom is -0.394 e. The Morgan fingerprint density at radius 2 is 2.10 bits per heavy atom. The number of nitrogens with zero attached hydrogens (tertiary/aromatic N) is 3. The summed E-state index contributed by atoms with van der Waals surface area (Å²) in [6.07, 6.45) is 0.417. The van der Waals surface area contributed by atoms with E-state index >= 15 is 0 Å². The lowest BCUT2D eigenvalue weighted by atomic mass is 10.2. The van der Waals surface area contributed by atoms with Crippen molar-refractivity contribution >= 4 is 16.6 Å². The lowest BCUT2D eigenvalue weighted by molar-refractivity contribution is -0.383. The largest absolute Gasteiger partial charge is 0.394 e. The van der Waals surface area contributed by atoms with Crippen LogP contribution in [0.2, 0.25) is 0 Å². The monoisotopic (exact) mass is 402 g/mol. The maximum absolute atomic E-state index is 12.3. The molecular weight excluding hydrogens is 384 g/mol. The number of aromatic amines is 1. The third kappa shape index (κ3) is 3.35. The summed E-state index contributed by atoms with van der Waals surface area (Å²) in [6, 6.07) is 6.40. The van der Waals surface area contributed by atoms with Crippen LogP contribution in [-0.4, -0.2) is 48.1 Å². The fraction of sp³-hybridized carbons (Fsp3) is 0.333. The fourth-order valence-electron chi connectivity index (χ4n) is 3.61. The second-order valence-electron chi connectivity index (χ2n) is 6.85. The lowest BCUT2D eigenvalue weighted by Gasteiger charge is -2.15. The van der Waals surface area contributed by atoms with Gasteiger partial charge in [-0.1, -0.05) is 12.1 Å². The molecule has 3 N–H and O–H groups in total. The molecule has 1 saturated heterocycles. The summed E-state index contributed by atoms with van der Waals surface area (Å²) in [4.78, 5) is 37.6. The molecule has 11 heteroatoms. The zero-order chi connectivity index (χ0) is 20.7. The van der Waals surface area contributed by atoms with E-state index in [1.54, 1.807) is 29.0 Å². The third-order valence-corrected chi connectivity index (χ3v) is 5.04. The van der Waals surface area contributed by atoms with Crippen LogP contribution in [0.25, 0.3) is 10.9 Å². The Kier molecular flexibility index (Phi) is 4.78. The number of nitrogens with one attached hydrogen (secondary N) is 1. The van der Waals surface area contributed by atoms with Crippen LogP contribution in [0.15, 0.2) is 46.2 Å². The maximum Gasteiger partial charge on any atom is 0.330 e. The summed E-state index contributed by atoms with van der Waals surface area (Å²) in [5, 5.41) is 31.1. The van der Waals surface area contributed by atoms with Crippen molar-refractivity contribution in [1.82, 2.24) is 14.1 Å². The minimum atomic E-state index is -0.941. The molecule has 3 atom stereocenters. The van der Waals surface area contributed by atoms with Gasteiger partial charge in [-0.25, -0.2) is 4.79 Å². The number of nitro groups is 1. The lowest BCUT2D eigenvalue weighted by Crippen LogP contribution is -2.34. The Morgan fingerprint density at radius 3 is 2.79 bits per heavy atom. The molecule has 3 heterocycles. The van der Waals surface area contributed by atoms with Crippen molar-refractivity contribution in [2.75, 3.05) is 6.61 Å². The van der Waals surface area contributed by atoms with Gasteiger partial charge in [-0.15, -0.1) is 0 Å². The maximum atomic E-state index is 12.3. The van der Waals surface area contributed by atoms with Gasteiger partial charge in [0.2, 0.25) is 0 Å². The number of ether oxygens (including phenoxy) is 1. The topological polar surface area (TPSA) is 153 Å². The summed E-state index contributed by atoms with van der Waals surface area (Å²) in [5.74, 6) is 0. The Bertz CT molecular complexity index is 1190. The molecule has 1 fully saturated rings. The van der Waals surface area contributed by atoms with Gasteiger partial charge in [-0.3, -0.25) is 24.5 Å². The molecule has 0 radical (unpaired) electrons. The number of aromatic nitrogens is 3. The predicted molar refractivity (Wildman–Crippen MR) is 101 cm³/mol. The van der Waals surface area contributed by atoms with Crippen molar-refractivity contribution in [2.24, 2.45) is 0 Å². The highest BCUT2D eigenvalue weighted by Gasteiger charge is 2.35. The van der Waals surface area contributed by atoms with E-state index in [2.05, 4.69) is 4.98 Å². The van der Waals surface area contributed by atoms with E-state index in [0.717, 1.165) is 4.57 Å². The van der Waals surface area contributed by atoms with Crippen LogP contribution in [0.1, 0.15) is 18.2 Å². The number of hydrogen-bond donors (Lipinski definition) is 3. The van der Waals surface area contributed by atoms with Gasteiger partial charge in [0.15, 0.2) is 0 Å². The fourth-order valence-corrected chi connectivity index (χ4v) is 3.61. The summed E-state index contributed by atoms with van der Waals surface area (Å²) in [7, 11) is 0. The van der Waals surface area contributed by atoms with E-state index in [0.29, 0.717) is 10.9 Å². The van der Waals surface area contributed by atoms with Crippen molar-refractivity contribution < 1.29 is 19.9 Å². The van der Waals surface area contributed by atoms with Crippen LogP contribution < -0.4 is 11.2 Å². The Labute approximate surface area is 162 Å². The van der Waals surface area contributed by atoms with Gasteiger partial charge in [-0.05, 0) is 6.07 Å². The van der Waals surface area contributed by atoms with Gasteiger partial charge in [0.25, 0.3) is 11.2 Å². The highest BCUT2D eigenvalue weighted by atomic mass is 16.6. The number of fused-ring (bicyclic) bond motifs is 1. The van der Waals surface area contributed by atoms with Gasteiger partial charge >= 0.3 is 5.69 Å². The van der Waals surface area contributed by atoms with Gasteiger partial charge in [-0.2, -0.15) is 0 Å². The molecule has 0 saturated carbocycles. The van der Waals surface area contributed by atoms with Crippen LogP contribution in [0.3, 0.4) is 0 Å². The zero-order valence-corrected chi connectivity index (χ0v) is 15.1. The van der Waals surface area contributed by atoms with E-state index in [4.69, 9.17) is 4.74 Å². The van der Waals surface area contributed by atoms with Gasteiger partial charge in [0.05, 0.1) is 29.7 Å². The minimum absolute atomic E-state index is 0.0112. The molecule has 1 aliphatic heterocycles. The van der Waals surface area contributed by atoms with Crippen LogP contribution in [0.4, 0.5) is 5.69 Å². The van der Waals surface area contributed by atoms with Gasteiger partial charge < -0.3 is 19.5 Å². The van der Waals surface area contributed by atoms with E-state index in [9.17, 15) is 29.9 Å². The highest BCUT2D eigenvalue weighted by Crippen LogP contribution is 2.28. The number of nitro benzene ring substituents is 1. The first-order chi connectivity index (χ1) is 13.9. The second-order valence-corrected chi connectivity index (χ2v) is 6.85. The molecule has 3 aromatic rings. The molecule has 29 heavy (non-hydrogen) atoms. The van der Waals surface area contributed by atoms with Crippen molar-refractivity contribution in [3.8, 4) is 0 Å². The van der Waals surface area contributed by atoms with E-state index in [-0.39, 0.29) is 24.2 Å². The number of H-pyrrole nitrogens is 1. The van der Waals surface area contributed by atoms with Crippen LogP contribution in [0.5, 0.6) is 0 Å². The zero-order valence-electron chi connectivity index (χ0n) is 15.1. The highest BCUT2D eigenvalue weighted by molar-refractivity contribution is 5.88. The predicted octanol–water partition coefficient (Wildman–Crippen LogP) is 0.0885.